The molecule has 0 heterocycles. The van der Waals surface area contributed by atoms with Crippen molar-refractivity contribution in [2.75, 3.05) is 13.1 Å². The van der Waals surface area contributed by atoms with Crippen molar-refractivity contribution in [1.82, 2.24) is 4.31 Å². The fraction of sp³-hybridized carbons (Fsp3) is 0.538. The summed E-state index contributed by atoms with van der Waals surface area (Å²) in [5.41, 5.74) is 6.07. The van der Waals surface area contributed by atoms with E-state index in [1.807, 2.05) is 27.7 Å². The molecule has 0 amide bonds. The number of sulfonamides is 1. The highest BCUT2D eigenvalue weighted by Crippen LogP contribution is 2.24. The maximum absolute atomic E-state index is 12.6. The Morgan fingerprint density at radius 2 is 1.67 bits per heavy atom. The van der Waals surface area contributed by atoms with Crippen molar-refractivity contribution in [1.29, 1.82) is 0 Å². The molecule has 0 aliphatic carbocycles. The fourth-order valence-electron chi connectivity index (χ4n) is 1.77. The lowest BCUT2D eigenvalue weighted by atomic mass is 10.1. The van der Waals surface area contributed by atoms with Crippen LogP contribution in [0.5, 0.6) is 0 Å². The van der Waals surface area contributed by atoms with Crippen LogP contribution in [0.3, 0.4) is 0 Å². The van der Waals surface area contributed by atoms with Gasteiger partial charge < -0.3 is 5.73 Å². The lowest BCUT2D eigenvalue weighted by molar-refractivity contribution is 0.255. The molecule has 1 rings (SSSR count). The van der Waals surface area contributed by atoms with Crippen LogP contribution in [0.15, 0.2) is 29.2 Å². The second kappa shape index (κ2) is 5.38. The molecular weight excluding hydrogens is 248 g/mol. The van der Waals surface area contributed by atoms with E-state index < -0.39 is 15.6 Å². The number of nitrogens with zero attached hydrogens (tertiary/aromatic N) is 1. The number of nitrogens with two attached hydrogens (primary N) is 1. The van der Waals surface area contributed by atoms with Crippen LogP contribution in [0.2, 0.25) is 0 Å². The highest BCUT2D eigenvalue weighted by atomic mass is 32.2. The summed E-state index contributed by atoms with van der Waals surface area (Å²) < 4.78 is 26.6. The lowest BCUT2D eigenvalue weighted by Gasteiger charge is -2.34. The van der Waals surface area contributed by atoms with Crippen LogP contribution in [-0.2, 0) is 10.0 Å². The third-order valence-electron chi connectivity index (χ3n) is 2.69. The first-order chi connectivity index (χ1) is 8.19. The van der Waals surface area contributed by atoms with Crippen molar-refractivity contribution in [3.8, 4) is 0 Å². The van der Waals surface area contributed by atoms with Gasteiger partial charge in [-0.15, -0.1) is 0 Å². The monoisotopic (exact) mass is 270 g/mol. The van der Waals surface area contributed by atoms with Crippen molar-refractivity contribution in [2.24, 2.45) is 5.73 Å². The minimum absolute atomic E-state index is 0.308. The Kier molecular flexibility index (Phi) is 4.53. The first kappa shape index (κ1) is 15.1. The van der Waals surface area contributed by atoms with Crippen LogP contribution in [0.1, 0.15) is 26.3 Å². The van der Waals surface area contributed by atoms with Crippen LogP contribution >= 0.6 is 0 Å². The van der Waals surface area contributed by atoms with E-state index in [-0.39, 0.29) is 0 Å². The Hall–Kier alpha value is -0.910. The first-order valence-electron chi connectivity index (χ1n) is 5.99. The molecule has 5 heteroatoms. The van der Waals surface area contributed by atoms with Crippen molar-refractivity contribution >= 4 is 10.0 Å². The van der Waals surface area contributed by atoms with E-state index in [4.69, 9.17) is 5.73 Å². The molecule has 0 aromatic heterocycles. The predicted octanol–water partition coefficient (Wildman–Crippen LogP) is 1.74. The summed E-state index contributed by atoms with van der Waals surface area (Å²) in [5, 5.41) is 0. The molecule has 0 unspecified atom stereocenters. The normalized spacial score (nSPS) is 13.0. The fourth-order valence-corrected chi connectivity index (χ4v) is 3.57. The van der Waals surface area contributed by atoms with Gasteiger partial charge in [0, 0.05) is 18.6 Å². The Balaban J connectivity index is 3.21. The van der Waals surface area contributed by atoms with Gasteiger partial charge >= 0.3 is 0 Å². The Bertz CT molecular complexity index is 487. The second-order valence-electron chi connectivity index (χ2n) is 5.35. The lowest BCUT2D eigenvalue weighted by Crippen LogP contribution is -2.47. The minimum Gasteiger partial charge on any atom is -0.329 e. The summed E-state index contributed by atoms with van der Waals surface area (Å²) in [6, 6.07) is 6.88. The average molecular weight is 270 g/mol. The topological polar surface area (TPSA) is 63.4 Å². The molecule has 18 heavy (non-hydrogen) atoms. The van der Waals surface area contributed by atoms with Gasteiger partial charge in [0.05, 0.1) is 4.90 Å². The first-order valence-corrected chi connectivity index (χ1v) is 7.43. The molecule has 0 fully saturated rings. The number of hydrogen-bond acceptors (Lipinski definition) is 3. The molecule has 0 atom stereocenters. The quantitative estimate of drug-likeness (QED) is 0.906. The molecule has 0 aliphatic rings. The summed E-state index contributed by atoms with van der Waals surface area (Å²) in [6.07, 6.45) is 0. The number of hydrogen-bond donors (Lipinski definition) is 1. The molecule has 102 valence electrons. The van der Waals surface area contributed by atoms with E-state index in [0.717, 1.165) is 5.56 Å². The van der Waals surface area contributed by atoms with Crippen molar-refractivity contribution in [2.45, 2.75) is 38.1 Å². The Labute approximate surface area is 110 Å². The highest BCUT2D eigenvalue weighted by molar-refractivity contribution is 7.89. The molecule has 1 aromatic carbocycles. The van der Waals surface area contributed by atoms with E-state index in [2.05, 4.69) is 0 Å². The number of aryl methyl sites for hydroxylation is 1. The molecular formula is C13H22N2O2S. The number of benzene rings is 1. The summed E-state index contributed by atoms with van der Waals surface area (Å²) >= 11 is 0. The van der Waals surface area contributed by atoms with E-state index in [1.165, 1.54) is 4.31 Å². The SMILES string of the molecule is Cc1ccc(S(=O)(=O)N(CCN)C(C)(C)C)cc1. The molecule has 0 bridgehead atoms. The summed E-state index contributed by atoms with van der Waals surface area (Å²) in [5.74, 6) is 0. The molecule has 1 aromatic rings. The number of rotatable bonds is 4. The van der Waals surface area contributed by atoms with E-state index in [9.17, 15) is 8.42 Å². The van der Waals surface area contributed by atoms with Gasteiger partial charge in [-0.05, 0) is 39.8 Å². The van der Waals surface area contributed by atoms with Crippen LogP contribution in [-0.4, -0.2) is 31.4 Å². The maximum atomic E-state index is 12.6. The van der Waals surface area contributed by atoms with Crippen LogP contribution < -0.4 is 5.73 Å². The van der Waals surface area contributed by atoms with Crippen LogP contribution in [0.25, 0.3) is 0 Å². The van der Waals surface area contributed by atoms with Gasteiger partial charge in [0.25, 0.3) is 0 Å². The summed E-state index contributed by atoms with van der Waals surface area (Å²) in [4.78, 5) is 0.316. The van der Waals surface area contributed by atoms with Gasteiger partial charge in [0.15, 0.2) is 0 Å². The van der Waals surface area contributed by atoms with Crippen molar-refractivity contribution < 1.29 is 8.42 Å². The summed E-state index contributed by atoms with van der Waals surface area (Å²) in [6.45, 7) is 8.16. The van der Waals surface area contributed by atoms with E-state index in [0.29, 0.717) is 18.0 Å². The molecule has 2 N–H and O–H groups in total. The Morgan fingerprint density at radius 3 is 2.06 bits per heavy atom. The highest BCUT2D eigenvalue weighted by Gasteiger charge is 2.33. The largest absolute Gasteiger partial charge is 0.329 e. The smallest absolute Gasteiger partial charge is 0.243 e. The molecule has 0 aliphatic heterocycles. The van der Waals surface area contributed by atoms with Gasteiger partial charge in [-0.25, -0.2) is 8.42 Å². The van der Waals surface area contributed by atoms with Gasteiger partial charge in [0.2, 0.25) is 10.0 Å². The zero-order valence-corrected chi connectivity index (χ0v) is 12.3. The van der Waals surface area contributed by atoms with E-state index >= 15 is 0 Å². The standard InChI is InChI=1S/C13H22N2O2S/c1-11-5-7-12(8-6-11)18(16,17)15(10-9-14)13(2,3)4/h5-8H,9-10,14H2,1-4H3. The predicted molar refractivity (Wildman–Crippen MR) is 73.9 cm³/mol. The average Bonchev–Trinajstić information content (AvgIpc) is 2.24. The second-order valence-corrected chi connectivity index (χ2v) is 7.21. The zero-order valence-electron chi connectivity index (χ0n) is 11.5. The zero-order chi connectivity index (χ0) is 14.0. The molecule has 0 saturated heterocycles. The Morgan fingerprint density at radius 1 is 1.17 bits per heavy atom. The molecule has 0 radical (unpaired) electrons. The van der Waals surface area contributed by atoms with E-state index in [1.54, 1.807) is 24.3 Å². The summed E-state index contributed by atoms with van der Waals surface area (Å²) in [7, 11) is -3.48. The van der Waals surface area contributed by atoms with Gasteiger partial charge in [-0.3, -0.25) is 0 Å². The molecule has 0 spiro atoms. The van der Waals surface area contributed by atoms with Crippen molar-refractivity contribution in [3.63, 3.8) is 0 Å². The van der Waals surface area contributed by atoms with Crippen LogP contribution in [0.4, 0.5) is 0 Å². The minimum atomic E-state index is -3.48. The van der Waals surface area contributed by atoms with Gasteiger partial charge in [0.1, 0.15) is 0 Å². The van der Waals surface area contributed by atoms with Crippen molar-refractivity contribution in [3.05, 3.63) is 29.8 Å². The third kappa shape index (κ3) is 3.31. The molecule has 4 nitrogen and oxygen atoms in total. The maximum Gasteiger partial charge on any atom is 0.243 e. The van der Waals surface area contributed by atoms with Crippen LogP contribution in [0, 0.1) is 6.92 Å². The van der Waals surface area contributed by atoms with Gasteiger partial charge in [-0.1, -0.05) is 17.7 Å². The third-order valence-corrected chi connectivity index (χ3v) is 4.87. The van der Waals surface area contributed by atoms with Gasteiger partial charge in [-0.2, -0.15) is 4.31 Å². The molecule has 0 saturated carbocycles.